The van der Waals surface area contributed by atoms with Crippen LogP contribution in [-0.2, 0) is 19.9 Å². The van der Waals surface area contributed by atoms with Crippen LogP contribution in [-0.4, -0.2) is 52.0 Å². The second-order valence-corrected chi connectivity index (χ2v) is 8.62. The van der Waals surface area contributed by atoms with E-state index in [1.54, 1.807) is 0 Å². The highest BCUT2D eigenvalue weighted by molar-refractivity contribution is 7.93. The maximum absolute atomic E-state index is 11.8. The third-order valence-electron chi connectivity index (χ3n) is 2.67. The Morgan fingerprint density at radius 1 is 1.29 bits per heavy atom. The largest absolute Gasteiger partial charge is 0.229 e. The summed E-state index contributed by atoms with van der Waals surface area (Å²) in [6.45, 7) is 0.562. The molecule has 0 saturated carbocycles. The summed E-state index contributed by atoms with van der Waals surface area (Å²) >= 11 is 0. The number of nitrogens with zero attached hydrogens (tertiary/aromatic N) is 2. The smallest absolute Gasteiger partial charge is 0.215 e. The van der Waals surface area contributed by atoms with Gasteiger partial charge in [-0.2, -0.15) is 5.26 Å². The van der Waals surface area contributed by atoms with Crippen molar-refractivity contribution in [2.45, 2.75) is 12.8 Å². The molecule has 8 heteroatoms. The fourth-order valence-electron chi connectivity index (χ4n) is 1.69. The highest BCUT2D eigenvalue weighted by Crippen LogP contribution is 2.18. The van der Waals surface area contributed by atoms with Gasteiger partial charge in [-0.1, -0.05) is 0 Å². The Bertz CT molecular complexity index is 504. The first kappa shape index (κ1) is 14.4. The summed E-state index contributed by atoms with van der Waals surface area (Å²) in [7, 11) is -6.84. The van der Waals surface area contributed by atoms with Crippen molar-refractivity contribution in [1.29, 1.82) is 5.26 Å². The average molecular weight is 280 g/mol. The second kappa shape index (κ2) is 5.33. The van der Waals surface area contributed by atoms with Gasteiger partial charge in [0.15, 0.2) is 0 Å². The molecule has 0 aromatic heterocycles. The first-order valence-corrected chi connectivity index (χ1v) is 8.97. The molecule has 1 atom stereocenters. The average Bonchev–Trinajstić information content (AvgIpc) is 2.26. The van der Waals surface area contributed by atoms with Crippen LogP contribution < -0.4 is 0 Å². The van der Waals surface area contributed by atoms with Crippen LogP contribution in [0.3, 0.4) is 0 Å². The predicted octanol–water partition coefficient (Wildman–Crippen LogP) is -0.404. The third kappa shape index (κ3) is 4.61. The zero-order valence-electron chi connectivity index (χ0n) is 9.66. The molecule has 0 amide bonds. The summed E-state index contributed by atoms with van der Waals surface area (Å²) in [4.78, 5) is 0. The van der Waals surface area contributed by atoms with E-state index in [0.29, 0.717) is 19.4 Å². The van der Waals surface area contributed by atoms with Crippen molar-refractivity contribution in [3.63, 3.8) is 0 Å². The summed E-state index contributed by atoms with van der Waals surface area (Å²) in [6.07, 6.45) is 2.36. The first-order chi connectivity index (χ1) is 7.74. The molecule has 1 rings (SSSR count). The Hall–Kier alpha value is -0.650. The minimum absolute atomic E-state index is 0.183. The van der Waals surface area contributed by atoms with Crippen molar-refractivity contribution < 1.29 is 16.8 Å². The van der Waals surface area contributed by atoms with E-state index in [-0.39, 0.29) is 18.2 Å². The molecule has 98 valence electrons. The van der Waals surface area contributed by atoms with Crippen LogP contribution in [0.4, 0.5) is 0 Å². The van der Waals surface area contributed by atoms with Gasteiger partial charge in [-0.15, -0.1) is 0 Å². The van der Waals surface area contributed by atoms with E-state index < -0.39 is 25.6 Å². The first-order valence-electron chi connectivity index (χ1n) is 5.30. The maximum atomic E-state index is 11.8. The molecule has 1 heterocycles. The molecular weight excluding hydrogens is 264 g/mol. The number of sulfonamides is 1. The fourth-order valence-corrected chi connectivity index (χ4v) is 4.81. The van der Waals surface area contributed by atoms with Crippen LogP contribution in [0, 0.1) is 17.2 Å². The van der Waals surface area contributed by atoms with E-state index in [1.807, 2.05) is 0 Å². The lowest BCUT2D eigenvalue weighted by atomic mass is 10.0. The number of hydrogen-bond acceptors (Lipinski definition) is 5. The Kier molecular flexibility index (Phi) is 4.52. The SMILES string of the molecule is CS(=O)(=O)CCS(=O)(=O)N1CCCC(C#N)C1. The van der Waals surface area contributed by atoms with Crippen LogP contribution in [0.15, 0.2) is 0 Å². The van der Waals surface area contributed by atoms with Crippen LogP contribution in [0.25, 0.3) is 0 Å². The van der Waals surface area contributed by atoms with Gasteiger partial charge in [-0.05, 0) is 12.8 Å². The van der Waals surface area contributed by atoms with Gasteiger partial charge in [0, 0.05) is 19.3 Å². The zero-order valence-corrected chi connectivity index (χ0v) is 11.3. The van der Waals surface area contributed by atoms with Crippen molar-refractivity contribution in [1.82, 2.24) is 4.31 Å². The topological polar surface area (TPSA) is 95.3 Å². The highest BCUT2D eigenvalue weighted by atomic mass is 32.2. The number of hydrogen-bond donors (Lipinski definition) is 0. The quantitative estimate of drug-likeness (QED) is 0.698. The summed E-state index contributed by atoms with van der Waals surface area (Å²) in [5.41, 5.74) is 0. The molecule has 0 aromatic carbocycles. The monoisotopic (exact) mass is 280 g/mol. The Labute approximate surface area is 102 Å². The van der Waals surface area contributed by atoms with Crippen molar-refractivity contribution >= 4 is 19.9 Å². The summed E-state index contributed by atoms with van der Waals surface area (Å²) < 4.78 is 46.8. The summed E-state index contributed by atoms with van der Waals surface area (Å²) in [5.74, 6) is -1.05. The Morgan fingerprint density at radius 3 is 2.47 bits per heavy atom. The predicted molar refractivity (Wildman–Crippen MR) is 63.4 cm³/mol. The highest BCUT2D eigenvalue weighted by Gasteiger charge is 2.29. The van der Waals surface area contributed by atoms with Crippen molar-refractivity contribution in [3.05, 3.63) is 0 Å². The third-order valence-corrected chi connectivity index (χ3v) is 5.71. The molecule has 1 aliphatic heterocycles. The number of rotatable bonds is 4. The molecule has 1 fully saturated rings. The van der Waals surface area contributed by atoms with E-state index in [1.165, 1.54) is 4.31 Å². The van der Waals surface area contributed by atoms with E-state index >= 15 is 0 Å². The van der Waals surface area contributed by atoms with Gasteiger partial charge in [0.2, 0.25) is 10.0 Å². The molecule has 0 N–H and O–H groups in total. The van der Waals surface area contributed by atoms with Gasteiger partial charge >= 0.3 is 0 Å². The molecule has 0 bridgehead atoms. The summed E-state index contributed by atoms with van der Waals surface area (Å²) in [6, 6.07) is 2.05. The van der Waals surface area contributed by atoms with Gasteiger partial charge in [0.1, 0.15) is 9.84 Å². The van der Waals surface area contributed by atoms with E-state index in [4.69, 9.17) is 5.26 Å². The number of nitriles is 1. The molecular formula is C9H16N2O4S2. The van der Waals surface area contributed by atoms with E-state index in [9.17, 15) is 16.8 Å². The van der Waals surface area contributed by atoms with E-state index in [0.717, 1.165) is 6.26 Å². The molecule has 1 unspecified atom stereocenters. The van der Waals surface area contributed by atoms with Crippen molar-refractivity contribution in [2.75, 3.05) is 30.9 Å². The van der Waals surface area contributed by atoms with E-state index in [2.05, 4.69) is 6.07 Å². The molecule has 0 aromatic rings. The molecule has 17 heavy (non-hydrogen) atoms. The van der Waals surface area contributed by atoms with Gasteiger partial charge in [-0.3, -0.25) is 0 Å². The number of piperidine rings is 1. The van der Waals surface area contributed by atoms with Crippen LogP contribution in [0.1, 0.15) is 12.8 Å². The lowest BCUT2D eigenvalue weighted by Crippen LogP contribution is -2.41. The Morgan fingerprint density at radius 2 is 1.94 bits per heavy atom. The van der Waals surface area contributed by atoms with Crippen LogP contribution in [0.2, 0.25) is 0 Å². The molecule has 0 aliphatic carbocycles. The normalized spacial score (nSPS) is 23.2. The van der Waals surface area contributed by atoms with Gasteiger partial charge < -0.3 is 0 Å². The van der Waals surface area contributed by atoms with Crippen LogP contribution in [0.5, 0.6) is 0 Å². The van der Waals surface area contributed by atoms with Gasteiger partial charge in [-0.25, -0.2) is 21.1 Å². The van der Waals surface area contributed by atoms with Crippen molar-refractivity contribution in [3.8, 4) is 6.07 Å². The van der Waals surface area contributed by atoms with Crippen LogP contribution >= 0.6 is 0 Å². The zero-order chi connectivity index (χ0) is 13.1. The maximum Gasteiger partial charge on any atom is 0.215 e. The molecule has 1 saturated heterocycles. The minimum atomic E-state index is -3.56. The van der Waals surface area contributed by atoms with Gasteiger partial charge in [0.05, 0.1) is 23.5 Å². The minimum Gasteiger partial charge on any atom is -0.229 e. The lowest BCUT2D eigenvalue weighted by molar-refractivity contribution is 0.305. The fraction of sp³-hybridized carbons (Fsp3) is 0.889. The molecule has 6 nitrogen and oxygen atoms in total. The molecule has 1 aliphatic rings. The standard InChI is InChI=1S/C9H16N2O4S2/c1-16(12,13)5-6-17(14,15)11-4-2-3-9(7-10)8-11/h9H,2-6,8H2,1H3. The Balaban J connectivity index is 2.68. The lowest BCUT2D eigenvalue weighted by Gasteiger charge is -2.28. The summed E-state index contributed by atoms with van der Waals surface area (Å²) in [5, 5.41) is 8.77. The van der Waals surface area contributed by atoms with Gasteiger partial charge in [0.25, 0.3) is 0 Å². The van der Waals surface area contributed by atoms with Crippen molar-refractivity contribution in [2.24, 2.45) is 5.92 Å². The molecule has 0 radical (unpaired) electrons. The second-order valence-electron chi connectivity index (χ2n) is 4.27. The number of sulfone groups is 1. The molecule has 0 spiro atoms.